The summed E-state index contributed by atoms with van der Waals surface area (Å²) >= 11 is 0. The van der Waals surface area contributed by atoms with Crippen LogP contribution in [-0.4, -0.2) is 16.6 Å². The van der Waals surface area contributed by atoms with Crippen molar-refractivity contribution in [2.45, 2.75) is 77.8 Å². The lowest BCUT2D eigenvalue weighted by Crippen LogP contribution is -2.28. The van der Waals surface area contributed by atoms with Crippen LogP contribution in [0.3, 0.4) is 0 Å². The lowest BCUT2D eigenvalue weighted by molar-refractivity contribution is 0.359. The van der Waals surface area contributed by atoms with Gasteiger partial charge in [-0.25, -0.2) is 0 Å². The van der Waals surface area contributed by atoms with Crippen molar-refractivity contribution in [2.24, 2.45) is 0 Å². The summed E-state index contributed by atoms with van der Waals surface area (Å²) in [5, 5.41) is 0. The third-order valence-corrected chi connectivity index (χ3v) is 4.83. The summed E-state index contributed by atoms with van der Waals surface area (Å²) in [4.78, 5) is 0. The zero-order chi connectivity index (χ0) is 15.4. The van der Waals surface area contributed by atoms with Crippen molar-refractivity contribution in [3.63, 3.8) is 0 Å². The van der Waals surface area contributed by atoms with Gasteiger partial charge in [-0.15, -0.1) is 0 Å². The van der Waals surface area contributed by atoms with Crippen LogP contribution in [0.2, 0.25) is 39.3 Å². The van der Waals surface area contributed by atoms with Crippen LogP contribution in [0, 0.1) is 0 Å². The first-order valence-corrected chi connectivity index (χ1v) is 14.7. The summed E-state index contributed by atoms with van der Waals surface area (Å²) in [6.45, 7) is 17.6. The Hall–Kier alpha value is -0.486. The Morgan fingerprint density at radius 1 is 0.850 bits per heavy atom. The third kappa shape index (κ3) is 6.79. The molecule has 0 heterocycles. The number of hydrogen-bond donors (Lipinski definition) is 0. The highest BCUT2D eigenvalue weighted by Gasteiger charge is 2.25. The van der Waals surface area contributed by atoms with E-state index in [-0.39, 0.29) is 0 Å². The van der Waals surface area contributed by atoms with Crippen molar-refractivity contribution in [1.82, 2.24) is 0 Å². The molecule has 0 aromatic heterocycles. The van der Waals surface area contributed by atoms with E-state index in [0.29, 0.717) is 0 Å². The summed E-state index contributed by atoms with van der Waals surface area (Å²) < 4.78 is 12.5. The second-order valence-corrected chi connectivity index (χ2v) is 16.5. The molecule has 0 unspecified atom stereocenters. The lowest BCUT2D eigenvalue weighted by atomic mass is 9.98. The molecule has 2 nitrogen and oxygen atoms in total. The summed E-state index contributed by atoms with van der Waals surface area (Å²) in [7, 11) is -3.17. The van der Waals surface area contributed by atoms with Crippen LogP contribution in [0.1, 0.15) is 38.5 Å². The third-order valence-electron chi connectivity index (χ3n) is 3.11. The predicted molar refractivity (Wildman–Crippen MR) is 92.7 cm³/mol. The molecule has 0 N–H and O–H groups in total. The molecule has 0 aliphatic heterocycles. The molecule has 0 fully saturated rings. The molecule has 0 atom stereocenters. The van der Waals surface area contributed by atoms with Crippen LogP contribution in [0.5, 0.6) is 0 Å². The van der Waals surface area contributed by atoms with Crippen LogP contribution in [-0.2, 0) is 8.85 Å². The minimum absolute atomic E-state index is 0.874. The molecule has 20 heavy (non-hydrogen) atoms. The van der Waals surface area contributed by atoms with E-state index in [1.807, 2.05) is 0 Å². The molecule has 0 radical (unpaired) electrons. The maximum Gasteiger partial charge on any atom is 0.242 e. The molecular weight excluding hydrogens is 280 g/mol. The number of rotatable bonds is 5. The molecule has 0 saturated carbocycles. The van der Waals surface area contributed by atoms with Crippen molar-refractivity contribution in [1.29, 1.82) is 0 Å². The molecule has 0 aromatic rings. The van der Waals surface area contributed by atoms with Gasteiger partial charge in [0.15, 0.2) is 0 Å². The van der Waals surface area contributed by atoms with Gasteiger partial charge in [-0.3, -0.25) is 0 Å². The van der Waals surface area contributed by atoms with Gasteiger partial charge in [-0.1, -0.05) is 19.4 Å². The largest absolute Gasteiger partial charge is 0.547 e. The molecule has 116 valence electrons. The average Bonchev–Trinajstić information content (AvgIpc) is 2.17. The van der Waals surface area contributed by atoms with Gasteiger partial charge in [0.1, 0.15) is 5.76 Å². The highest BCUT2D eigenvalue weighted by molar-refractivity contribution is 6.70. The summed E-state index contributed by atoms with van der Waals surface area (Å²) in [6, 6.07) is 0. The van der Waals surface area contributed by atoms with Gasteiger partial charge in [0.05, 0.1) is 5.76 Å². The van der Waals surface area contributed by atoms with Gasteiger partial charge < -0.3 is 8.85 Å². The van der Waals surface area contributed by atoms with E-state index in [9.17, 15) is 0 Å². The number of hydrogen-bond acceptors (Lipinski definition) is 2. The molecular formula is C16H32O2Si2. The molecule has 0 spiro atoms. The van der Waals surface area contributed by atoms with Gasteiger partial charge in [-0.2, -0.15) is 0 Å². The topological polar surface area (TPSA) is 18.5 Å². The van der Waals surface area contributed by atoms with E-state index in [2.05, 4.69) is 45.9 Å². The van der Waals surface area contributed by atoms with Crippen molar-refractivity contribution in [3.8, 4) is 0 Å². The summed E-state index contributed by atoms with van der Waals surface area (Å²) in [5.41, 5.74) is 1.26. The zero-order valence-corrected chi connectivity index (χ0v) is 16.3. The highest BCUT2D eigenvalue weighted by Crippen LogP contribution is 2.31. The Labute approximate surface area is 127 Å². The van der Waals surface area contributed by atoms with Crippen LogP contribution < -0.4 is 0 Å². The Balaban J connectivity index is 2.99. The molecule has 0 saturated heterocycles. The first-order valence-electron chi connectivity index (χ1n) is 7.88. The van der Waals surface area contributed by atoms with Crippen molar-refractivity contribution in [2.75, 3.05) is 0 Å². The Kier molecular flexibility index (Phi) is 6.13. The van der Waals surface area contributed by atoms with E-state index in [0.717, 1.165) is 18.6 Å². The molecule has 4 heteroatoms. The molecule has 1 aliphatic carbocycles. The quantitative estimate of drug-likeness (QED) is 0.471. The first kappa shape index (κ1) is 17.6. The molecule has 0 bridgehead atoms. The smallest absolute Gasteiger partial charge is 0.242 e. The normalized spacial score (nSPS) is 21.9. The van der Waals surface area contributed by atoms with Crippen LogP contribution in [0.15, 0.2) is 23.7 Å². The van der Waals surface area contributed by atoms with E-state index >= 15 is 0 Å². The van der Waals surface area contributed by atoms with Crippen LogP contribution in [0.4, 0.5) is 0 Å². The number of allylic oxidation sites excluding steroid dienone is 2. The fraction of sp³-hybridized carbons (Fsp3) is 0.750. The minimum Gasteiger partial charge on any atom is -0.547 e. The van der Waals surface area contributed by atoms with E-state index in [1.165, 1.54) is 37.0 Å². The Morgan fingerprint density at radius 3 is 1.90 bits per heavy atom. The lowest BCUT2D eigenvalue weighted by Gasteiger charge is -2.29. The Morgan fingerprint density at radius 2 is 1.40 bits per heavy atom. The van der Waals surface area contributed by atoms with Crippen LogP contribution >= 0.6 is 0 Å². The minimum atomic E-state index is -1.60. The average molecular weight is 313 g/mol. The molecule has 1 aliphatic rings. The fourth-order valence-corrected chi connectivity index (χ4v) is 4.27. The summed E-state index contributed by atoms with van der Waals surface area (Å²) in [5.74, 6) is 2.05. The molecule has 1 rings (SSSR count). The highest BCUT2D eigenvalue weighted by atomic mass is 28.4. The maximum absolute atomic E-state index is 6.36. The fourth-order valence-electron chi connectivity index (χ4n) is 2.44. The second kappa shape index (κ2) is 6.98. The Bertz CT molecular complexity index is 373. The predicted octanol–water partition coefficient (Wildman–Crippen LogP) is 5.81. The summed E-state index contributed by atoms with van der Waals surface area (Å²) in [6.07, 6.45) is 7.18. The first-order chi connectivity index (χ1) is 9.08. The maximum atomic E-state index is 6.36. The van der Waals surface area contributed by atoms with E-state index < -0.39 is 16.6 Å². The van der Waals surface area contributed by atoms with Gasteiger partial charge in [0.2, 0.25) is 16.6 Å². The van der Waals surface area contributed by atoms with Gasteiger partial charge in [-0.05, 0) is 58.5 Å². The molecule has 0 aromatic carbocycles. The second-order valence-electron chi connectivity index (χ2n) is 7.67. The standard InChI is InChI=1S/C16H32O2Si2/c1-14(17-19(2,3)4)15-12-10-8-9-11-13-16(15)18-20(5,6)7/h1,8-13H2,2-7H3/b16-15-. The monoisotopic (exact) mass is 312 g/mol. The van der Waals surface area contributed by atoms with Gasteiger partial charge in [0.25, 0.3) is 0 Å². The SMILES string of the molecule is C=C(O[Si](C)(C)C)/C1=C(\O[Si](C)(C)C)CCCCCC1. The van der Waals surface area contributed by atoms with Crippen molar-refractivity contribution >= 4 is 16.6 Å². The van der Waals surface area contributed by atoms with E-state index in [1.54, 1.807) is 0 Å². The van der Waals surface area contributed by atoms with Crippen molar-refractivity contribution in [3.05, 3.63) is 23.7 Å². The van der Waals surface area contributed by atoms with Gasteiger partial charge >= 0.3 is 0 Å². The van der Waals surface area contributed by atoms with Crippen LogP contribution in [0.25, 0.3) is 0 Å². The van der Waals surface area contributed by atoms with Gasteiger partial charge in [0, 0.05) is 12.0 Å². The van der Waals surface area contributed by atoms with E-state index in [4.69, 9.17) is 8.85 Å². The molecule has 0 amide bonds. The van der Waals surface area contributed by atoms with Crippen molar-refractivity contribution < 1.29 is 8.85 Å². The zero-order valence-electron chi connectivity index (χ0n) is 14.3.